The summed E-state index contributed by atoms with van der Waals surface area (Å²) in [4.78, 5) is 21.6. The van der Waals surface area contributed by atoms with E-state index in [0.29, 0.717) is 16.6 Å². The van der Waals surface area contributed by atoms with Gasteiger partial charge < -0.3 is 15.3 Å². The summed E-state index contributed by atoms with van der Waals surface area (Å²) in [5, 5.41) is 3.49. The highest BCUT2D eigenvalue weighted by Gasteiger charge is 2.33. The SMILES string of the molecule is Cc1c(-c2c[nH]c3nc(C(F)(F)F)ccc23)c[nH]c1C(=O)NC1CC1. The van der Waals surface area contributed by atoms with Crippen molar-refractivity contribution in [2.75, 3.05) is 0 Å². The van der Waals surface area contributed by atoms with Crippen molar-refractivity contribution < 1.29 is 18.0 Å². The number of halogens is 3. The molecule has 0 radical (unpaired) electrons. The number of amides is 1. The molecule has 1 aliphatic rings. The second-order valence-corrected chi connectivity index (χ2v) is 6.24. The van der Waals surface area contributed by atoms with Crippen LogP contribution in [0.5, 0.6) is 0 Å². The van der Waals surface area contributed by atoms with Crippen LogP contribution >= 0.6 is 0 Å². The molecule has 3 aromatic heterocycles. The van der Waals surface area contributed by atoms with Crippen LogP contribution in [-0.2, 0) is 6.18 Å². The van der Waals surface area contributed by atoms with Crippen molar-refractivity contribution in [3.05, 3.63) is 41.5 Å². The summed E-state index contributed by atoms with van der Waals surface area (Å²) in [5.41, 5.74) is 1.90. The van der Waals surface area contributed by atoms with Gasteiger partial charge in [0.05, 0.1) is 0 Å². The van der Waals surface area contributed by atoms with Crippen LogP contribution in [0.25, 0.3) is 22.2 Å². The number of fused-ring (bicyclic) bond motifs is 1. The van der Waals surface area contributed by atoms with Gasteiger partial charge in [-0.25, -0.2) is 4.98 Å². The van der Waals surface area contributed by atoms with Gasteiger partial charge in [-0.15, -0.1) is 0 Å². The number of aromatic nitrogens is 3. The van der Waals surface area contributed by atoms with Crippen LogP contribution in [0.2, 0.25) is 0 Å². The molecule has 0 aliphatic heterocycles. The Bertz CT molecular complexity index is 966. The first-order valence-electron chi connectivity index (χ1n) is 7.89. The highest BCUT2D eigenvalue weighted by molar-refractivity contribution is 6.00. The van der Waals surface area contributed by atoms with E-state index >= 15 is 0 Å². The molecule has 0 aromatic carbocycles. The minimum atomic E-state index is -4.49. The second kappa shape index (κ2) is 5.37. The van der Waals surface area contributed by atoms with Crippen LogP contribution in [0.4, 0.5) is 13.2 Å². The van der Waals surface area contributed by atoms with Crippen LogP contribution in [0.1, 0.15) is 34.6 Å². The molecule has 5 nitrogen and oxygen atoms in total. The third kappa shape index (κ3) is 2.77. The Hall–Kier alpha value is -2.77. The first-order valence-corrected chi connectivity index (χ1v) is 7.89. The number of H-pyrrole nitrogens is 2. The summed E-state index contributed by atoms with van der Waals surface area (Å²) >= 11 is 0. The van der Waals surface area contributed by atoms with Crippen molar-refractivity contribution in [1.82, 2.24) is 20.3 Å². The van der Waals surface area contributed by atoms with E-state index in [2.05, 4.69) is 20.3 Å². The Balaban J connectivity index is 1.72. The number of nitrogens with zero attached hydrogens (tertiary/aromatic N) is 1. The molecule has 0 bridgehead atoms. The molecular weight excluding hydrogens is 333 g/mol. The standard InChI is InChI=1S/C17H15F3N4O/c1-8-11(6-21-14(8)16(25)23-9-2-3-9)12-7-22-15-10(12)4-5-13(24-15)17(18,19)20/h4-7,9,21H,2-3H2,1H3,(H,22,24)(H,23,25). The molecule has 1 amide bonds. The summed E-state index contributed by atoms with van der Waals surface area (Å²) < 4.78 is 38.4. The summed E-state index contributed by atoms with van der Waals surface area (Å²) in [6.45, 7) is 1.81. The largest absolute Gasteiger partial charge is 0.433 e. The van der Waals surface area contributed by atoms with Crippen molar-refractivity contribution in [2.24, 2.45) is 0 Å². The summed E-state index contributed by atoms with van der Waals surface area (Å²) in [6.07, 6.45) is 0.799. The van der Waals surface area contributed by atoms with Crippen LogP contribution in [0, 0.1) is 6.92 Å². The first kappa shape index (κ1) is 15.7. The predicted molar refractivity (Wildman–Crippen MR) is 86.1 cm³/mol. The molecule has 0 unspecified atom stereocenters. The van der Waals surface area contributed by atoms with E-state index < -0.39 is 11.9 Å². The molecule has 0 spiro atoms. The van der Waals surface area contributed by atoms with E-state index in [1.54, 1.807) is 12.4 Å². The highest BCUT2D eigenvalue weighted by atomic mass is 19.4. The van der Waals surface area contributed by atoms with Crippen molar-refractivity contribution in [3.8, 4) is 11.1 Å². The number of rotatable bonds is 3. The van der Waals surface area contributed by atoms with Crippen molar-refractivity contribution in [3.63, 3.8) is 0 Å². The molecule has 3 aromatic rings. The molecule has 1 aliphatic carbocycles. The van der Waals surface area contributed by atoms with Gasteiger partial charge in [0.2, 0.25) is 0 Å². The fraction of sp³-hybridized carbons (Fsp3) is 0.294. The molecule has 130 valence electrons. The Kier molecular flexibility index (Phi) is 3.38. The lowest BCUT2D eigenvalue weighted by Crippen LogP contribution is -2.26. The molecule has 8 heteroatoms. The third-order valence-corrected chi connectivity index (χ3v) is 4.40. The number of aromatic amines is 2. The normalized spacial score (nSPS) is 14.9. The summed E-state index contributed by atoms with van der Waals surface area (Å²) in [7, 11) is 0. The number of alkyl halides is 3. The molecule has 0 saturated heterocycles. The van der Waals surface area contributed by atoms with E-state index in [1.165, 1.54) is 6.07 Å². The van der Waals surface area contributed by atoms with E-state index in [1.807, 2.05) is 6.92 Å². The number of carbonyl (C=O) groups is 1. The Morgan fingerprint density at radius 1 is 1.20 bits per heavy atom. The van der Waals surface area contributed by atoms with E-state index in [-0.39, 0.29) is 17.6 Å². The summed E-state index contributed by atoms with van der Waals surface area (Å²) in [6, 6.07) is 2.60. The van der Waals surface area contributed by atoms with Gasteiger partial charge >= 0.3 is 6.18 Å². The number of pyridine rings is 1. The average molecular weight is 348 g/mol. The average Bonchev–Trinajstić information content (AvgIpc) is 3.13. The van der Waals surface area contributed by atoms with Gasteiger partial charge in [0.15, 0.2) is 0 Å². The zero-order valence-electron chi connectivity index (χ0n) is 13.3. The first-order chi connectivity index (χ1) is 11.8. The summed E-state index contributed by atoms with van der Waals surface area (Å²) in [5.74, 6) is -0.163. The van der Waals surface area contributed by atoms with Gasteiger partial charge in [0.25, 0.3) is 5.91 Å². The molecule has 1 saturated carbocycles. The third-order valence-electron chi connectivity index (χ3n) is 4.40. The maximum absolute atomic E-state index is 12.8. The van der Waals surface area contributed by atoms with E-state index in [0.717, 1.165) is 30.0 Å². The van der Waals surface area contributed by atoms with Gasteiger partial charge in [-0.05, 0) is 37.5 Å². The monoisotopic (exact) mass is 348 g/mol. The van der Waals surface area contributed by atoms with Gasteiger partial charge in [0, 0.05) is 34.9 Å². The fourth-order valence-corrected chi connectivity index (χ4v) is 2.88. The lowest BCUT2D eigenvalue weighted by molar-refractivity contribution is -0.141. The van der Waals surface area contributed by atoms with Crippen molar-refractivity contribution in [2.45, 2.75) is 32.0 Å². The Morgan fingerprint density at radius 2 is 1.92 bits per heavy atom. The number of nitrogens with one attached hydrogen (secondary N) is 3. The zero-order chi connectivity index (χ0) is 17.8. The van der Waals surface area contributed by atoms with Gasteiger partial charge in [0.1, 0.15) is 17.0 Å². The van der Waals surface area contributed by atoms with Crippen molar-refractivity contribution >= 4 is 16.9 Å². The van der Waals surface area contributed by atoms with Crippen LogP contribution < -0.4 is 5.32 Å². The van der Waals surface area contributed by atoms with Gasteiger partial charge in [-0.3, -0.25) is 4.79 Å². The molecule has 3 N–H and O–H groups in total. The van der Waals surface area contributed by atoms with E-state index in [4.69, 9.17) is 0 Å². The van der Waals surface area contributed by atoms with E-state index in [9.17, 15) is 18.0 Å². The fourth-order valence-electron chi connectivity index (χ4n) is 2.88. The Morgan fingerprint density at radius 3 is 2.60 bits per heavy atom. The Labute approximate surface area is 140 Å². The number of carbonyl (C=O) groups excluding carboxylic acids is 1. The van der Waals surface area contributed by atoms with Gasteiger partial charge in [-0.2, -0.15) is 13.2 Å². The topological polar surface area (TPSA) is 73.6 Å². The second-order valence-electron chi connectivity index (χ2n) is 6.24. The lowest BCUT2D eigenvalue weighted by Gasteiger charge is -2.05. The predicted octanol–water partition coefficient (Wildman–Crippen LogP) is 3.78. The minimum Gasteiger partial charge on any atom is -0.356 e. The van der Waals surface area contributed by atoms with Crippen LogP contribution in [0.15, 0.2) is 24.5 Å². The number of hydrogen-bond acceptors (Lipinski definition) is 2. The molecule has 1 fully saturated rings. The smallest absolute Gasteiger partial charge is 0.356 e. The minimum absolute atomic E-state index is 0.161. The molecule has 4 rings (SSSR count). The van der Waals surface area contributed by atoms with Crippen molar-refractivity contribution in [1.29, 1.82) is 0 Å². The maximum Gasteiger partial charge on any atom is 0.433 e. The molecule has 3 heterocycles. The highest BCUT2D eigenvalue weighted by Crippen LogP contribution is 2.34. The quantitative estimate of drug-likeness (QED) is 0.674. The van der Waals surface area contributed by atoms with Crippen LogP contribution in [-0.4, -0.2) is 26.9 Å². The van der Waals surface area contributed by atoms with Crippen LogP contribution in [0.3, 0.4) is 0 Å². The lowest BCUT2D eigenvalue weighted by atomic mass is 10.0. The molecule has 25 heavy (non-hydrogen) atoms. The maximum atomic E-state index is 12.8. The molecular formula is C17H15F3N4O. The number of hydrogen-bond donors (Lipinski definition) is 3. The molecule has 0 atom stereocenters. The van der Waals surface area contributed by atoms with Gasteiger partial charge in [-0.1, -0.05) is 0 Å². The zero-order valence-corrected chi connectivity index (χ0v) is 13.3.